The predicted octanol–water partition coefficient (Wildman–Crippen LogP) is 3.91. The lowest BCUT2D eigenvalue weighted by atomic mass is 10.1. The van der Waals surface area contributed by atoms with Gasteiger partial charge in [0.25, 0.3) is 0 Å². The zero-order valence-corrected chi connectivity index (χ0v) is 13.9. The van der Waals surface area contributed by atoms with Gasteiger partial charge in [0.2, 0.25) is 0 Å². The second-order valence-electron chi connectivity index (χ2n) is 5.93. The van der Waals surface area contributed by atoms with Crippen LogP contribution in [0.4, 0.5) is 0 Å². The quantitative estimate of drug-likeness (QED) is 0.458. The van der Waals surface area contributed by atoms with E-state index < -0.39 is 0 Å². The van der Waals surface area contributed by atoms with Crippen molar-refractivity contribution in [2.75, 3.05) is 19.8 Å². The fourth-order valence-electron chi connectivity index (χ4n) is 2.60. The van der Waals surface area contributed by atoms with Gasteiger partial charge in [-0.3, -0.25) is 0 Å². The van der Waals surface area contributed by atoms with Crippen LogP contribution in [0.15, 0.2) is 24.3 Å². The smallest absolute Gasteiger partial charge is 0.157 e. The summed E-state index contributed by atoms with van der Waals surface area (Å²) in [5, 5.41) is 0. The average Bonchev–Trinajstić information content (AvgIpc) is 2.60. The van der Waals surface area contributed by atoms with Crippen molar-refractivity contribution in [1.82, 2.24) is 0 Å². The van der Waals surface area contributed by atoms with Crippen LogP contribution in [0, 0.1) is 0 Å². The first-order chi connectivity index (χ1) is 11.4. The van der Waals surface area contributed by atoms with E-state index in [9.17, 15) is 4.79 Å². The van der Waals surface area contributed by atoms with E-state index in [0.29, 0.717) is 13.0 Å². The largest absolute Gasteiger partial charge is 0.494 e. The number of hydrogen-bond donors (Lipinski definition) is 0. The molecular formula is C19H28O4. The molecule has 1 unspecified atom stereocenters. The molecule has 23 heavy (non-hydrogen) atoms. The number of aryl methyl sites for hydroxylation is 1. The first-order valence-electron chi connectivity index (χ1n) is 8.77. The highest BCUT2D eigenvalue weighted by Gasteiger charge is 2.13. The van der Waals surface area contributed by atoms with E-state index in [2.05, 4.69) is 12.1 Å². The SMILES string of the molecule is O=CCCCOc1ccc(CCCCOC2CCCCO2)cc1. The summed E-state index contributed by atoms with van der Waals surface area (Å²) in [4.78, 5) is 10.2. The van der Waals surface area contributed by atoms with E-state index in [0.717, 1.165) is 63.8 Å². The van der Waals surface area contributed by atoms with Crippen molar-refractivity contribution < 1.29 is 19.0 Å². The highest BCUT2D eigenvalue weighted by Crippen LogP contribution is 2.16. The molecule has 0 radical (unpaired) electrons. The normalized spacial score (nSPS) is 17.8. The molecule has 1 aliphatic rings. The Kier molecular flexibility index (Phi) is 8.74. The number of hydrogen-bond acceptors (Lipinski definition) is 4. The molecule has 0 spiro atoms. The topological polar surface area (TPSA) is 44.8 Å². The zero-order chi connectivity index (χ0) is 16.2. The van der Waals surface area contributed by atoms with Gasteiger partial charge in [0.1, 0.15) is 12.0 Å². The second-order valence-corrected chi connectivity index (χ2v) is 5.93. The van der Waals surface area contributed by atoms with Gasteiger partial charge < -0.3 is 19.0 Å². The Bertz CT molecular complexity index is 424. The Labute approximate surface area is 139 Å². The number of aldehydes is 1. The summed E-state index contributed by atoms with van der Waals surface area (Å²) in [6.45, 7) is 2.22. The number of carbonyl (C=O) groups is 1. The molecule has 0 aliphatic carbocycles. The molecule has 2 rings (SSSR count). The van der Waals surface area contributed by atoms with Gasteiger partial charge in [0.15, 0.2) is 6.29 Å². The molecule has 1 aliphatic heterocycles. The van der Waals surface area contributed by atoms with Crippen LogP contribution in [0.1, 0.15) is 50.5 Å². The lowest BCUT2D eigenvalue weighted by Crippen LogP contribution is -2.22. The van der Waals surface area contributed by atoms with E-state index in [1.165, 1.54) is 12.0 Å². The van der Waals surface area contributed by atoms with Gasteiger partial charge in [-0.05, 0) is 62.6 Å². The van der Waals surface area contributed by atoms with Crippen molar-refractivity contribution >= 4 is 6.29 Å². The Morgan fingerprint density at radius 2 is 1.96 bits per heavy atom. The van der Waals surface area contributed by atoms with Gasteiger partial charge >= 0.3 is 0 Å². The van der Waals surface area contributed by atoms with Crippen LogP contribution in [-0.2, 0) is 20.7 Å². The Balaban J connectivity index is 1.54. The zero-order valence-electron chi connectivity index (χ0n) is 13.9. The maximum atomic E-state index is 10.2. The molecule has 0 saturated carbocycles. The van der Waals surface area contributed by atoms with E-state index in [4.69, 9.17) is 14.2 Å². The monoisotopic (exact) mass is 320 g/mol. The predicted molar refractivity (Wildman–Crippen MR) is 89.7 cm³/mol. The van der Waals surface area contributed by atoms with Gasteiger partial charge in [-0.2, -0.15) is 0 Å². The molecule has 1 fully saturated rings. The molecule has 0 aromatic heterocycles. The minimum atomic E-state index is 0.0272. The summed E-state index contributed by atoms with van der Waals surface area (Å²) in [5.41, 5.74) is 1.32. The summed E-state index contributed by atoms with van der Waals surface area (Å²) >= 11 is 0. The van der Waals surface area contributed by atoms with Crippen molar-refractivity contribution in [1.29, 1.82) is 0 Å². The molecule has 1 heterocycles. The molecule has 1 aromatic rings. The van der Waals surface area contributed by atoms with E-state index in [-0.39, 0.29) is 6.29 Å². The molecule has 1 atom stereocenters. The fraction of sp³-hybridized carbons (Fsp3) is 0.632. The third-order valence-electron chi connectivity index (χ3n) is 3.96. The van der Waals surface area contributed by atoms with Crippen molar-refractivity contribution in [3.05, 3.63) is 29.8 Å². The molecule has 1 aromatic carbocycles. The lowest BCUT2D eigenvalue weighted by molar-refractivity contribution is -0.162. The van der Waals surface area contributed by atoms with Crippen LogP contribution < -0.4 is 4.74 Å². The molecule has 1 saturated heterocycles. The summed E-state index contributed by atoms with van der Waals surface area (Å²) in [7, 11) is 0. The number of benzene rings is 1. The first kappa shape index (κ1) is 18.0. The third-order valence-corrected chi connectivity index (χ3v) is 3.96. The summed E-state index contributed by atoms with van der Waals surface area (Å²) < 4.78 is 16.9. The summed E-state index contributed by atoms with van der Waals surface area (Å²) in [6.07, 6.45) is 8.94. The minimum Gasteiger partial charge on any atom is -0.494 e. The second kappa shape index (κ2) is 11.2. The standard InChI is InChI=1S/C19H28O4/c20-13-3-6-14-21-18-11-9-17(10-12-18)7-1-4-15-22-19-8-2-5-16-23-19/h9-13,19H,1-8,14-16H2. The number of ether oxygens (including phenoxy) is 3. The van der Waals surface area contributed by atoms with Gasteiger partial charge in [0.05, 0.1) is 6.61 Å². The van der Waals surface area contributed by atoms with E-state index in [1.54, 1.807) is 0 Å². The van der Waals surface area contributed by atoms with Gasteiger partial charge in [-0.15, -0.1) is 0 Å². The third kappa shape index (κ3) is 7.62. The van der Waals surface area contributed by atoms with Gasteiger partial charge in [-0.25, -0.2) is 0 Å². The molecular weight excluding hydrogens is 292 g/mol. The van der Waals surface area contributed by atoms with Crippen LogP contribution in [0.2, 0.25) is 0 Å². The van der Waals surface area contributed by atoms with Crippen molar-refractivity contribution in [3.8, 4) is 5.75 Å². The van der Waals surface area contributed by atoms with Crippen LogP contribution in [-0.4, -0.2) is 32.4 Å². The molecule has 4 heteroatoms. The van der Waals surface area contributed by atoms with Crippen molar-refractivity contribution in [3.63, 3.8) is 0 Å². The maximum absolute atomic E-state index is 10.2. The van der Waals surface area contributed by atoms with Crippen LogP contribution >= 0.6 is 0 Å². The van der Waals surface area contributed by atoms with Crippen LogP contribution in [0.3, 0.4) is 0 Å². The molecule has 4 nitrogen and oxygen atoms in total. The van der Waals surface area contributed by atoms with Crippen LogP contribution in [0.25, 0.3) is 0 Å². The van der Waals surface area contributed by atoms with Crippen molar-refractivity contribution in [2.45, 2.75) is 57.7 Å². The summed E-state index contributed by atoms with van der Waals surface area (Å²) in [5.74, 6) is 0.873. The van der Waals surface area contributed by atoms with Crippen molar-refractivity contribution in [2.24, 2.45) is 0 Å². The fourth-order valence-corrected chi connectivity index (χ4v) is 2.60. The Hall–Kier alpha value is -1.39. The highest BCUT2D eigenvalue weighted by molar-refractivity contribution is 5.49. The van der Waals surface area contributed by atoms with E-state index in [1.807, 2.05) is 12.1 Å². The number of carbonyl (C=O) groups excluding carboxylic acids is 1. The molecule has 128 valence electrons. The van der Waals surface area contributed by atoms with Gasteiger partial charge in [0, 0.05) is 19.6 Å². The first-order valence-corrected chi connectivity index (χ1v) is 8.77. The van der Waals surface area contributed by atoms with Gasteiger partial charge in [-0.1, -0.05) is 12.1 Å². The number of unbranched alkanes of at least 4 members (excludes halogenated alkanes) is 2. The average molecular weight is 320 g/mol. The maximum Gasteiger partial charge on any atom is 0.157 e. The van der Waals surface area contributed by atoms with Crippen LogP contribution in [0.5, 0.6) is 5.75 Å². The molecule has 0 amide bonds. The molecule has 0 N–H and O–H groups in total. The minimum absolute atomic E-state index is 0.0272. The Morgan fingerprint density at radius 3 is 2.70 bits per heavy atom. The lowest BCUT2D eigenvalue weighted by Gasteiger charge is -2.22. The van der Waals surface area contributed by atoms with E-state index >= 15 is 0 Å². The molecule has 0 bridgehead atoms. The highest BCUT2D eigenvalue weighted by atomic mass is 16.7. The summed E-state index contributed by atoms with van der Waals surface area (Å²) in [6, 6.07) is 8.23. The Morgan fingerprint density at radius 1 is 1.09 bits per heavy atom. The number of rotatable bonds is 11.